The lowest BCUT2D eigenvalue weighted by Gasteiger charge is -2.04. The summed E-state index contributed by atoms with van der Waals surface area (Å²) in [5.41, 5.74) is 9.73. The van der Waals surface area contributed by atoms with Crippen LogP contribution in [0, 0.1) is 6.92 Å². The summed E-state index contributed by atoms with van der Waals surface area (Å²) >= 11 is 0. The first kappa shape index (κ1) is 9.86. The van der Waals surface area contributed by atoms with Crippen molar-refractivity contribution in [2.45, 2.75) is 6.92 Å². The van der Waals surface area contributed by atoms with Crippen LogP contribution in [0.3, 0.4) is 0 Å². The van der Waals surface area contributed by atoms with Gasteiger partial charge in [-0.25, -0.2) is 0 Å². The molecule has 2 rings (SSSR count). The fourth-order valence-corrected chi connectivity index (χ4v) is 1.80. The lowest BCUT2D eigenvalue weighted by molar-refractivity contribution is 0.311. The number of rotatable bonds is 3. The van der Waals surface area contributed by atoms with Gasteiger partial charge in [0.1, 0.15) is 0 Å². The van der Waals surface area contributed by atoms with Crippen molar-refractivity contribution < 1.29 is 5.11 Å². The zero-order chi connectivity index (χ0) is 10.8. The summed E-state index contributed by atoms with van der Waals surface area (Å²) in [6.07, 6.45) is 1.98. The molecule has 80 valence electrons. The molecule has 2 aromatic heterocycles. The number of aromatic nitrogens is 1. The molecule has 0 bridgehead atoms. The fourth-order valence-electron chi connectivity index (χ4n) is 1.80. The second-order valence-electron chi connectivity index (χ2n) is 3.48. The molecule has 4 N–H and O–H groups in total. The Bertz CT molecular complexity index is 437. The van der Waals surface area contributed by atoms with Crippen molar-refractivity contribution in [1.82, 2.24) is 4.40 Å². The summed E-state index contributed by atoms with van der Waals surface area (Å²) in [7, 11) is 0. The molecule has 0 spiro atoms. The molecule has 2 heterocycles. The van der Waals surface area contributed by atoms with Crippen LogP contribution >= 0.6 is 0 Å². The molecular weight excluding hydrogens is 190 g/mol. The average Bonchev–Trinajstić information content (AvgIpc) is 2.51. The van der Waals surface area contributed by atoms with Crippen molar-refractivity contribution in [2.24, 2.45) is 0 Å². The number of nitrogen functional groups attached to an aromatic ring is 1. The van der Waals surface area contributed by atoms with Crippen LogP contribution in [0.25, 0.3) is 5.52 Å². The van der Waals surface area contributed by atoms with Crippen molar-refractivity contribution in [3.05, 3.63) is 30.1 Å². The van der Waals surface area contributed by atoms with Crippen LogP contribution < -0.4 is 11.1 Å². The highest BCUT2D eigenvalue weighted by molar-refractivity contribution is 5.86. The van der Waals surface area contributed by atoms with Crippen molar-refractivity contribution in [3.63, 3.8) is 0 Å². The number of hydrogen-bond acceptors (Lipinski definition) is 3. The monoisotopic (exact) mass is 205 g/mol. The summed E-state index contributed by atoms with van der Waals surface area (Å²) < 4.78 is 2.04. The minimum Gasteiger partial charge on any atom is -0.395 e. The van der Waals surface area contributed by atoms with Crippen LogP contribution in [-0.2, 0) is 0 Å². The topological polar surface area (TPSA) is 62.7 Å². The third-order valence-electron chi connectivity index (χ3n) is 2.54. The number of aryl methyl sites for hydroxylation is 1. The van der Waals surface area contributed by atoms with E-state index in [4.69, 9.17) is 10.8 Å². The lowest BCUT2D eigenvalue weighted by atomic mass is 10.3. The first-order chi connectivity index (χ1) is 7.25. The maximum absolute atomic E-state index is 8.77. The Kier molecular flexibility index (Phi) is 2.51. The minimum atomic E-state index is 0.102. The summed E-state index contributed by atoms with van der Waals surface area (Å²) in [5.74, 6) is 0. The van der Waals surface area contributed by atoms with Gasteiger partial charge >= 0.3 is 0 Å². The van der Waals surface area contributed by atoms with Crippen LogP contribution in [0.4, 0.5) is 11.4 Å². The Hall–Kier alpha value is -1.68. The van der Waals surface area contributed by atoms with Gasteiger partial charge in [0.2, 0.25) is 0 Å². The van der Waals surface area contributed by atoms with Crippen LogP contribution in [-0.4, -0.2) is 22.7 Å². The summed E-state index contributed by atoms with van der Waals surface area (Å²) in [6, 6.07) is 5.91. The molecule has 0 aliphatic heterocycles. The molecule has 4 nitrogen and oxygen atoms in total. The smallest absolute Gasteiger partial charge is 0.0812 e. The molecule has 0 saturated carbocycles. The number of pyridine rings is 1. The van der Waals surface area contributed by atoms with E-state index in [0.717, 1.165) is 22.6 Å². The van der Waals surface area contributed by atoms with Gasteiger partial charge in [-0.15, -0.1) is 0 Å². The van der Waals surface area contributed by atoms with E-state index in [1.165, 1.54) is 0 Å². The van der Waals surface area contributed by atoms with Gasteiger partial charge in [0.05, 0.1) is 23.5 Å². The maximum Gasteiger partial charge on any atom is 0.0812 e. The molecule has 0 aromatic carbocycles. The molecule has 0 aliphatic carbocycles. The minimum absolute atomic E-state index is 0.102. The number of aliphatic hydroxyl groups excluding tert-OH is 1. The van der Waals surface area contributed by atoms with E-state index in [9.17, 15) is 0 Å². The molecule has 4 heteroatoms. The number of anilines is 2. The van der Waals surface area contributed by atoms with Crippen LogP contribution in [0.2, 0.25) is 0 Å². The maximum atomic E-state index is 8.77. The molecule has 0 saturated heterocycles. The quantitative estimate of drug-likeness (QED) is 0.706. The summed E-state index contributed by atoms with van der Waals surface area (Å²) in [5, 5.41) is 11.9. The number of nitrogens with two attached hydrogens (primary N) is 1. The summed E-state index contributed by atoms with van der Waals surface area (Å²) in [4.78, 5) is 0. The highest BCUT2D eigenvalue weighted by Gasteiger charge is 2.11. The van der Waals surface area contributed by atoms with E-state index in [1.807, 2.05) is 35.7 Å². The molecule has 0 atom stereocenters. The van der Waals surface area contributed by atoms with E-state index in [0.29, 0.717) is 6.54 Å². The van der Waals surface area contributed by atoms with E-state index in [2.05, 4.69) is 5.32 Å². The first-order valence-corrected chi connectivity index (χ1v) is 4.95. The molecular formula is C11H15N3O. The van der Waals surface area contributed by atoms with Gasteiger partial charge in [0.15, 0.2) is 0 Å². The zero-order valence-corrected chi connectivity index (χ0v) is 8.70. The predicted molar refractivity (Wildman–Crippen MR) is 62.1 cm³/mol. The van der Waals surface area contributed by atoms with Crippen molar-refractivity contribution >= 4 is 16.9 Å². The first-order valence-electron chi connectivity index (χ1n) is 4.95. The second-order valence-corrected chi connectivity index (χ2v) is 3.48. The normalized spacial score (nSPS) is 10.8. The van der Waals surface area contributed by atoms with Gasteiger partial charge in [-0.3, -0.25) is 0 Å². The predicted octanol–water partition coefficient (Wildman–Crippen LogP) is 1.23. The Morgan fingerprint density at radius 3 is 2.93 bits per heavy atom. The number of nitrogens with zero attached hydrogens (tertiary/aromatic N) is 1. The second kappa shape index (κ2) is 3.82. The fraction of sp³-hybridized carbons (Fsp3) is 0.273. The van der Waals surface area contributed by atoms with Crippen LogP contribution in [0.1, 0.15) is 5.69 Å². The number of fused-ring (bicyclic) bond motifs is 1. The van der Waals surface area contributed by atoms with Crippen LogP contribution in [0.15, 0.2) is 24.4 Å². The van der Waals surface area contributed by atoms with E-state index in [1.54, 1.807) is 0 Å². The van der Waals surface area contributed by atoms with Gasteiger partial charge in [-0.05, 0) is 19.1 Å². The Morgan fingerprint density at radius 2 is 2.27 bits per heavy atom. The van der Waals surface area contributed by atoms with Crippen molar-refractivity contribution in [2.75, 3.05) is 24.2 Å². The zero-order valence-electron chi connectivity index (χ0n) is 8.70. The third-order valence-corrected chi connectivity index (χ3v) is 2.54. The molecule has 0 aliphatic rings. The van der Waals surface area contributed by atoms with Gasteiger partial charge in [-0.2, -0.15) is 0 Å². The van der Waals surface area contributed by atoms with Gasteiger partial charge in [0.25, 0.3) is 0 Å². The van der Waals surface area contributed by atoms with Crippen molar-refractivity contribution in [1.29, 1.82) is 0 Å². The lowest BCUT2D eigenvalue weighted by Crippen LogP contribution is -2.07. The molecule has 2 aromatic rings. The number of aliphatic hydroxyl groups is 1. The third kappa shape index (κ3) is 1.53. The Morgan fingerprint density at radius 1 is 1.47 bits per heavy atom. The standard InChI is InChI=1S/C11H15N3O/c1-8-11(13-5-7-15)10(12)9-4-2-3-6-14(8)9/h2-4,6,13,15H,5,7,12H2,1H3. The number of nitrogens with one attached hydrogen (secondary N) is 1. The Labute approximate surface area is 88.3 Å². The number of hydrogen-bond donors (Lipinski definition) is 3. The van der Waals surface area contributed by atoms with Gasteiger partial charge in [-0.1, -0.05) is 6.07 Å². The largest absolute Gasteiger partial charge is 0.395 e. The molecule has 15 heavy (non-hydrogen) atoms. The van der Waals surface area contributed by atoms with E-state index < -0.39 is 0 Å². The van der Waals surface area contributed by atoms with Gasteiger partial charge in [0, 0.05) is 18.4 Å². The molecule has 0 fully saturated rings. The molecule has 0 unspecified atom stereocenters. The van der Waals surface area contributed by atoms with E-state index in [-0.39, 0.29) is 6.61 Å². The molecule has 0 radical (unpaired) electrons. The van der Waals surface area contributed by atoms with Crippen molar-refractivity contribution in [3.8, 4) is 0 Å². The average molecular weight is 205 g/mol. The highest BCUT2D eigenvalue weighted by Crippen LogP contribution is 2.30. The van der Waals surface area contributed by atoms with Crippen LogP contribution in [0.5, 0.6) is 0 Å². The SMILES string of the molecule is Cc1c(NCCO)c(N)c2ccccn12. The Balaban J connectivity index is 2.54. The van der Waals surface area contributed by atoms with Gasteiger partial charge < -0.3 is 20.6 Å². The van der Waals surface area contributed by atoms with E-state index >= 15 is 0 Å². The highest BCUT2D eigenvalue weighted by atomic mass is 16.3. The molecule has 0 amide bonds. The summed E-state index contributed by atoms with van der Waals surface area (Å²) in [6.45, 7) is 2.62.